The van der Waals surface area contributed by atoms with Crippen LogP contribution >= 0.6 is 0 Å². The van der Waals surface area contributed by atoms with Gasteiger partial charge in [-0.3, -0.25) is 4.79 Å². The average Bonchev–Trinajstić information content (AvgIpc) is 3.44. The predicted molar refractivity (Wildman–Crippen MR) is 107 cm³/mol. The number of carbonyl (C=O) groups is 1. The molecule has 1 aliphatic heterocycles. The molecule has 1 amide bonds. The summed E-state index contributed by atoms with van der Waals surface area (Å²) < 4.78 is 5.47. The molecule has 0 bridgehead atoms. The Morgan fingerprint density at radius 1 is 1.18 bits per heavy atom. The van der Waals surface area contributed by atoms with Crippen LogP contribution in [0.25, 0.3) is 11.4 Å². The number of carbonyl (C=O) groups excluding carboxylic acids is 1. The molecule has 0 N–H and O–H groups in total. The van der Waals surface area contributed by atoms with E-state index in [9.17, 15) is 4.79 Å². The molecule has 1 saturated carbocycles. The normalized spacial score (nSPS) is 18.0. The molecule has 4 rings (SSSR count). The van der Waals surface area contributed by atoms with E-state index in [4.69, 9.17) is 4.52 Å². The minimum atomic E-state index is 0.278. The van der Waals surface area contributed by atoms with E-state index in [1.54, 1.807) is 0 Å². The number of amides is 1. The highest BCUT2D eigenvalue weighted by Gasteiger charge is 2.24. The minimum absolute atomic E-state index is 0.278. The summed E-state index contributed by atoms with van der Waals surface area (Å²) in [5.74, 6) is 3.02. The maximum atomic E-state index is 12.2. The summed E-state index contributed by atoms with van der Waals surface area (Å²) >= 11 is 0. The van der Waals surface area contributed by atoms with E-state index in [2.05, 4.69) is 26.9 Å². The quantitative estimate of drug-likeness (QED) is 0.758. The molecule has 2 aromatic rings. The molecule has 7 heteroatoms. The Balaban J connectivity index is 1.34. The van der Waals surface area contributed by atoms with Gasteiger partial charge in [-0.25, -0.2) is 4.98 Å². The zero-order valence-electron chi connectivity index (χ0n) is 16.6. The van der Waals surface area contributed by atoms with Gasteiger partial charge in [-0.05, 0) is 31.4 Å². The third kappa shape index (κ3) is 4.18. The van der Waals surface area contributed by atoms with Crippen molar-refractivity contribution in [2.24, 2.45) is 0 Å². The Bertz CT molecular complexity index is 774. The summed E-state index contributed by atoms with van der Waals surface area (Å²) in [5.41, 5.74) is 0.880. The van der Waals surface area contributed by atoms with Crippen molar-refractivity contribution >= 4 is 11.7 Å². The van der Waals surface area contributed by atoms with Gasteiger partial charge in [-0.2, -0.15) is 4.98 Å². The van der Waals surface area contributed by atoms with E-state index < -0.39 is 0 Å². The van der Waals surface area contributed by atoms with Crippen molar-refractivity contribution in [3.05, 3.63) is 24.2 Å². The highest BCUT2D eigenvalue weighted by molar-refractivity contribution is 5.76. The van der Waals surface area contributed by atoms with Gasteiger partial charge in [0, 0.05) is 50.3 Å². The molecule has 2 aromatic heterocycles. The van der Waals surface area contributed by atoms with Crippen LogP contribution in [0.3, 0.4) is 0 Å². The smallest absolute Gasteiger partial charge is 0.230 e. The third-order valence-corrected chi connectivity index (χ3v) is 5.85. The van der Waals surface area contributed by atoms with Crippen LogP contribution in [-0.2, 0) is 4.79 Å². The summed E-state index contributed by atoms with van der Waals surface area (Å²) in [4.78, 5) is 25.6. The zero-order valence-corrected chi connectivity index (χ0v) is 16.6. The second-order valence-electron chi connectivity index (χ2n) is 7.81. The average molecular weight is 383 g/mol. The second kappa shape index (κ2) is 8.71. The lowest BCUT2D eigenvalue weighted by atomic mass is 10.1. The maximum absolute atomic E-state index is 12.2. The van der Waals surface area contributed by atoms with Crippen LogP contribution in [0.15, 0.2) is 22.9 Å². The predicted octanol–water partition coefficient (Wildman–Crippen LogP) is 3.63. The molecule has 0 radical (unpaired) electrons. The number of anilines is 1. The van der Waals surface area contributed by atoms with Crippen LogP contribution in [0.1, 0.15) is 63.7 Å². The van der Waals surface area contributed by atoms with Crippen LogP contribution in [0.5, 0.6) is 0 Å². The van der Waals surface area contributed by atoms with Crippen LogP contribution in [0.4, 0.5) is 5.82 Å². The van der Waals surface area contributed by atoms with Crippen LogP contribution < -0.4 is 4.90 Å². The van der Waals surface area contributed by atoms with E-state index in [0.29, 0.717) is 18.2 Å². The lowest BCUT2D eigenvalue weighted by Crippen LogP contribution is -2.49. The first-order chi connectivity index (χ1) is 13.7. The lowest BCUT2D eigenvalue weighted by molar-refractivity contribution is -0.131. The first-order valence-corrected chi connectivity index (χ1v) is 10.6. The highest BCUT2D eigenvalue weighted by Crippen LogP contribution is 2.33. The molecule has 150 valence electrons. The Morgan fingerprint density at radius 2 is 1.96 bits per heavy atom. The molecule has 0 unspecified atom stereocenters. The summed E-state index contributed by atoms with van der Waals surface area (Å²) in [7, 11) is 0. The largest absolute Gasteiger partial charge is 0.353 e. The van der Waals surface area contributed by atoms with Gasteiger partial charge in [-0.15, -0.1) is 0 Å². The molecule has 0 aromatic carbocycles. The molecular formula is C21H29N5O2. The zero-order chi connectivity index (χ0) is 19.3. The highest BCUT2D eigenvalue weighted by atomic mass is 16.5. The maximum Gasteiger partial charge on any atom is 0.230 e. The monoisotopic (exact) mass is 383 g/mol. The van der Waals surface area contributed by atoms with Gasteiger partial charge >= 0.3 is 0 Å². The summed E-state index contributed by atoms with van der Waals surface area (Å²) in [5, 5.41) is 4.14. The van der Waals surface area contributed by atoms with Gasteiger partial charge in [0.05, 0.1) is 0 Å². The molecule has 2 fully saturated rings. The van der Waals surface area contributed by atoms with Gasteiger partial charge < -0.3 is 14.3 Å². The molecule has 28 heavy (non-hydrogen) atoms. The number of hydrogen-bond acceptors (Lipinski definition) is 6. The Morgan fingerprint density at radius 3 is 2.64 bits per heavy atom. The minimum Gasteiger partial charge on any atom is -0.353 e. The number of unbranched alkanes of at least 4 members (excludes halogenated alkanes) is 1. The van der Waals surface area contributed by atoms with Crippen molar-refractivity contribution in [3.63, 3.8) is 0 Å². The van der Waals surface area contributed by atoms with E-state index in [1.165, 1.54) is 12.8 Å². The standard InChI is InChI=1S/C21H29N5O2/c1-2-3-8-19(27)26-13-11-25(12-14-26)18-10-9-17(15-22-18)20-23-21(28-24-20)16-6-4-5-7-16/h9-10,15-16H,2-8,11-14H2,1H3. The molecule has 0 spiro atoms. The van der Waals surface area contributed by atoms with Crippen LogP contribution in [-0.4, -0.2) is 52.1 Å². The molecule has 0 atom stereocenters. The van der Waals surface area contributed by atoms with E-state index in [-0.39, 0.29) is 5.91 Å². The molecular weight excluding hydrogens is 354 g/mol. The van der Waals surface area contributed by atoms with Crippen molar-refractivity contribution < 1.29 is 9.32 Å². The SMILES string of the molecule is CCCCC(=O)N1CCN(c2ccc(-c3noc(C4CCCC4)n3)cn2)CC1. The molecule has 7 nitrogen and oxygen atoms in total. The van der Waals surface area contributed by atoms with Crippen LogP contribution in [0, 0.1) is 0 Å². The van der Waals surface area contributed by atoms with E-state index >= 15 is 0 Å². The van der Waals surface area contributed by atoms with Crippen molar-refractivity contribution in [2.75, 3.05) is 31.1 Å². The Hall–Kier alpha value is -2.44. The van der Waals surface area contributed by atoms with Crippen molar-refractivity contribution in [3.8, 4) is 11.4 Å². The lowest BCUT2D eigenvalue weighted by Gasteiger charge is -2.35. The molecule has 1 saturated heterocycles. The van der Waals surface area contributed by atoms with Gasteiger partial charge in [0.25, 0.3) is 0 Å². The molecule has 1 aliphatic carbocycles. The van der Waals surface area contributed by atoms with Crippen LogP contribution in [0.2, 0.25) is 0 Å². The van der Waals surface area contributed by atoms with Gasteiger partial charge in [0.15, 0.2) is 0 Å². The van der Waals surface area contributed by atoms with Crippen molar-refractivity contribution in [1.29, 1.82) is 0 Å². The number of rotatable bonds is 6. The fourth-order valence-corrected chi connectivity index (χ4v) is 4.07. The number of piperazine rings is 1. The summed E-state index contributed by atoms with van der Waals surface area (Å²) in [6.45, 7) is 5.28. The summed E-state index contributed by atoms with van der Waals surface area (Å²) in [6.07, 6.45) is 9.29. The fourth-order valence-electron chi connectivity index (χ4n) is 4.07. The van der Waals surface area contributed by atoms with Crippen molar-refractivity contribution in [2.45, 2.75) is 57.8 Å². The first kappa shape index (κ1) is 18.9. The first-order valence-electron chi connectivity index (χ1n) is 10.6. The topological polar surface area (TPSA) is 75.4 Å². The Labute approximate surface area is 166 Å². The number of hydrogen-bond donors (Lipinski definition) is 0. The number of nitrogens with zero attached hydrogens (tertiary/aromatic N) is 5. The summed E-state index contributed by atoms with van der Waals surface area (Å²) in [6, 6.07) is 4.01. The second-order valence-corrected chi connectivity index (χ2v) is 7.81. The molecule has 2 aliphatic rings. The van der Waals surface area contributed by atoms with E-state index in [0.717, 1.165) is 69.1 Å². The van der Waals surface area contributed by atoms with Gasteiger partial charge in [-0.1, -0.05) is 31.3 Å². The molecule has 3 heterocycles. The van der Waals surface area contributed by atoms with Gasteiger partial charge in [0.1, 0.15) is 5.82 Å². The van der Waals surface area contributed by atoms with E-state index in [1.807, 2.05) is 23.2 Å². The number of aromatic nitrogens is 3. The number of pyridine rings is 1. The van der Waals surface area contributed by atoms with Gasteiger partial charge in [0.2, 0.25) is 17.6 Å². The third-order valence-electron chi connectivity index (χ3n) is 5.85. The Kier molecular flexibility index (Phi) is 5.88. The van der Waals surface area contributed by atoms with Crippen molar-refractivity contribution in [1.82, 2.24) is 20.0 Å². The fraction of sp³-hybridized carbons (Fsp3) is 0.619.